The van der Waals surface area contributed by atoms with Crippen LogP contribution in [0.15, 0.2) is 53.1 Å². The monoisotopic (exact) mass is 240 g/mol. The molecule has 0 saturated heterocycles. The van der Waals surface area contributed by atoms with E-state index in [0.29, 0.717) is 11.3 Å². The molecule has 0 spiro atoms. The van der Waals surface area contributed by atoms with E-state index in [1.165, 1.54) is 0 Å². The summed E-state index contributed by atoms with van der Waals surface area (Å²) in [5.41, 5.74) is 0.692. The summed E-state index contributed by atoms with van der Waals surface area (Å²) in [5, 5.41) is 11.8. The van der Waals surface area contributed by atoms with Gasteiger partial charge in [0.15, 0.2) is 0 Å². The second-order valence-electron chi connectivity index (χ2n) is 3.77. The average molecular weight is 240 g/mol. The zero-order chi connectivity index (χ0) is 12.8. The first-order valence-corrected chi connectivity index (χ1v) is 5.56. The number of furan rings is 1. The maximum Gasteiger partial charge on any atom is 0.242 e. The van der Waals surface area contributed by atoms with Crippen molar-refractivity contribution >= 4 is 5.91 Å². The van der Waals surface area contributed by atoms with E-state index < -0.39 is 5.92 Å². The molecular formula is C14H12N2O2. The van der Waals surface area contributed by atoms with Crippen molar-refractivity contribution in [2.45, 2.75) is 12.5 Å². The molecule has 2 aromatic rings. The highest BCUT2D eigenvalue weighted by Crippen LogP contribution is 2.14. The summed E-state index contributed by atoms with van der Waals surface area (Å²) in [7, 11) is 0. The van der Waals surface area contributed by atoms with Crippen LogP contribution in [0.1, 0.15) is 17.2 Å². The zero-order valence-electron chi connectivity index (χ0n) is 9.67. The van der Waals surface area contributed by atoms with Crippen molar-refractivity contribution in [2.75, 3.05) is 0 Å². The van der Waals surface area contributed by atoms with Gasteiger partial charge in [0.1, 0.15) is 11.7 Å². The predicted octanol–water partition coefficient (Wildman–Crippen LogP) is 2.20. The van der Waals surface area contributed by atoms with Crippen LogP contribution in [0.5, 0.6) is 0 Å². The van der Waals surface area contributed by atoms with Crippen molar-refractivity contribution < 1.29 is 9.21 Å². The molecule has 1 aromatic heterocycles. The molecule has 4 heteroatoms. The summed E-state index contributed by atoms with van der Waals surface area (Å²) in [6, 6.07) is 14.5. The minimum absolute atomic E-state index is 0.289. The molecule has 90 valence electrons. The summed E-state index contributed by atoms with van der Waals surface area (Å²) in [6.45, 7) is 0.289. The summed E-state index contributed by atoms with van der Waals surface area (Å²) in [5.74, 6) is -0.450. The van der Waals surface area contributed by atoms with E-state index in [0.717, 1.165) is 0 Å². The van der Waals surface area contributed by atoms with Gasteiger partial charge in [-0.3, -0.25) is 4.79 Å². The fourth-order valence-corrected chi connectivity index (χ4v) is 1.62. The van der Waals surface area contributed by atoms with E-state index in [1.54, 1.807) is 42.7 Å². The number of nitrogens with one attached hydrogen (secondary N) is 1. The number of carbonyl (C=O) groups is 1. The van der Waals surface area contributed by atoms with Crippen LogP contribution in [0, 0.1) is 11.3 Å². The van der Waals surface area contributed by atoms with Gasteiger partial charge in [-0.1, -0.05) is 30.3 Å². The highest BCUT2D eigenvalue weighted by atomic mass is 16.3. The highest BCUT2D eigenvalue weighted by molar-refractivity contribution is 5.86. The largest absolute Gasteiger partial charge is 0.467 e. The van der Waals surface area contributed by atoms with Gasteiger partial charge in [0.05, 0.1) is 18.9 Å². The number of nitriles is 1. The Balaban J connectivity index is 2.01. The molecule has 0 saturated carbocycles. The van der Waals surface area contributed by atoms with E-state index >= 15 is 0 Å². The van der Waals surface area contributed by atoms with Crippen LogP contribution in [-0.2, 0) is 11.3 Å². The van der Waals surface area contributed by atoms with Crippen LogP contribution in [0.3, 0.4) is 0 Å². The lowest BCUT2D eigenvalue weighted by molar-refractivity contribution is -0.121. The fourth-order valence-electron chi connectivity index (χ4n) is 1.62. The van der Waals surface area contributed by atoms with E-state index in [1.807, 2.05) is 12.1 Å². The maximum absolute atomic E-state index is 11.9. The van der Waals surface area contributed by atoms with Gasteiger partial charge in [0, 0.05) is 0 Å². The quantitative estimate of drug-likeness (QED) is 0.890. The van der Waals surface area contributed by atoms with Crippen LogP contribution in [0.2, 0.25) is 0 Å². The standard InChI is InChI=1S/C14H12N2O2/c15-9-13(11-5-2-1-3-6-11)14(17)16-10-12-7-4-8-18-12/h1-8,13H,10H2,(H,16,17)/t13-/m1/s1. The summed E-state index contributed by atoms with van der Waals surface area (Å²) in [4.78, 5) is 11.9. The lowest BCUT2D eigenvalue weighted by atomic mass is 10.00. The average Bonchev–Trinajstić information content (AvgIpc) is 2.92. The fraction of sp³-hybridized carbons (Fsp3) is 0.143. The van der Waals surface area contributed by atoms with Gasteiger partial charge in [-0.15, -0.1) is 0 Å². The molecule has 1 N–H and O–H groups in total. The number of hydrogen-bond acceptors (Lipinski definition) is 3. The molecule has 1 amide bonds. The first-order valence-electron chi connectivity index (χ1n) is 5.56. The summed E-state index contributed by atoms with van der Waals surface area (Å²) in [6.07, 6.45) is 1.54. The molecule has 4 nitrogen and oxygen atoms in total. The van der Waals surface area contributed by atoms with E-state index in [-0.39, 0.29) is 12.5 Å². The number of rotatable bonds is 4. The van der Waals surface area contributed by atoms with Gasteiger partial charge in [-0.05, 0) is 17.7 Å². The lowest BCUT2D eigenvalue weighted by Crippen LogP contribution is -2.28. The molecule has 0 unspecified atom stereocenters. The van der Waals surface area contributed by atoms with Gasteiger partial charge in [0.25, 0.3) is 0 Å². The van der Waals surface area contributed by atoms with Gasteiger partial charge in [-0.2, -0.15) is 5.26 Å². The maximum atomic E-state index is 11.9. The Bertz CT molecular complexity index is 541. The van der Waals surface area contributed by atoms with Crippen molar-refractivity contribution in [3.63, 3.8) is 0 Å². The highest BCUT2D eigenvalue weighted by Gasteiger charge is 2.19. The summed E-state index contributed by atoms with van der Waals surface area (Å²) >= 11 is 0. The molecular weight excluding hydrogens is 228 g/mol. The first kappa shape index (κ1) is 11.9. The molecule has 18 heavy (non-hydrogen) atoms. The Morgan fingerprint density at radius 2 is 2.06 bits per heavy atom. The Kier molecular flexibility index (Phi) is 3.77. The van der Waals surface area contributed by atoms with Gasteiger partial charge in [-0.25, -0.2) is 0 Å². The lowest BCUT2D eigenvalue weighted by Gasteiger charge is -2.09. The van der Waals surface area contributed by atoms with Crippen LogP contribution < -0.4 is 5.32 Å². The topological polar surface area (TPSA) is 66.0 Å². The number of carbonyl (C=O) groups excluding carboxylic acids is 1. The smallest absolute Gasteiger partial charge is 0.242 e. The van der Waals surface area contributed by atoms with Crippen molar-refractivity contribution in [3.05, 3.63) is 60.1 Å². The number of nitrogens with zero attached hydrogens (tertiary/aromatic N) is 1. The SMILES string of the molecule is N#C[C@@H](C(=O)NCc1ccco1)c1ccccc1. The first-order chi connectivity index (χ1) is 8.81. The van der Waals surface area contributed by atoms with E-state index in [9.17, 15) is 4.79 Å². The molecule has 0 aliphatic carbocycles. The molecule has 0 aliphatic heterocycles. The van der Waals surface area contributed by atoms with Crippen molar-refractivity contribution in [1.82, 2.24) is 5.32 Å². The minimum Gasteiger partial charge on any atom is -0.467 e. The Hall–Kier alpha value is -2.54. The Morgan fingerprint density at radius 3 is 2.67 bits per heavy atom. The molecule has 0 fully saturated rings. The zero-order valence-corrected chi connectivity index (χ0v) is 9.67. The second-order valence-corrected chi connectivity index (χ2v) is 3.77. The Morgan fingerprint density at radius 1 is 1.28 bits per heavy atom. The van der Waals surface area contributed by atoms with Crippen LogP contribution >= 0.6 is 0 Å². The predicted molar refractivity (Wildman–Crippen MR) is 65.4 cm³/mol. The molecule has 1 heterocycles. The summed E-state index contributed by atoms with van der Waals surface area (Å²) < 4.78 is 5.11. The number of benzene rings is 1. The normalized spacial score (nSPS) is 11.5. The molecule has 0 aliphatic rings. The third kappa shape index (κ3) is 2.77. The van der Waals surface area contributed by atoms with E-state index in [4.69, 9.17) is 9.68 Å². The third-order valence-electron chi connectivity index (χ3n) is 2.54. The second kappa shape index (κ2) is 5.69. The van der Waals surface area contributed by atoms with Gasteiger partial charge < -0.3 is 9.73 Å². The Labute approximate surface area is 105 Å². The number of amides is 1. The molecule has 0 bridgehead atoms. The van der Waals surface area contributed by atoms with Gasteiger partial charge >= 0.3 is 0 Å². The molecule has 0 radical (unpaired) electrons. The van der Waals surface area contributed by atoms with Crippen LogP contribution in [0.4, 0.5) is 0 Å². The minimum atomic E-state index is -0.791. The van der Waals surface area contributed by atoms with E-state index in [2.05, 4.69) is 5.32 Å². The van der Waals surface area contributed by atoms with Crippen molar-refractivity contribution in [2.24, 2.45) is 0 Å². The van der Waals surface area contributed by atoms with Gasteiger partial charge in [0.2, 0.25) is 5.91 Å². The molecule has 2 rings (SSSR count). The van der Waals surface area contributed by atoms with Crippen molar-refractivity contribution in [3.8, 4) is 6.07 Å². The van der Waals surface area contributed by atoms with Crippen LogP contribution in [-0.4, -0.2) is 5.91 Å². The molecule has 1 aromatic carbocycles. The number of hydrogen-bond donors (Lipinski definition) is 1. The van der Waals surface area contributed by atoms with Crippen LogP contribution in [0.25, 0.3) is 0 Å². The van der Waals surface area contributed by atoms with Crippen molar-refractivity contribution in [1.29, 1.82) is 5.26 Å². The molecule has 1 atom stereocenters. The third-order valence-corrected chi connectivity index (χ3v) is 2.54.